The lowest BCUT2D eigenvalue weighted by Crippen LogP contribution is -2.42. The van der Waals surface area contributed by atoms with Gasteiger partial charge in [-0.15, -0.1) is 11.8 Å². The van der Waals surface area contributed by atoms with Gasteiger partial charge >= 0.3 is 0 Å². The second-order valence-corrected chi connectivity index (χ2v) is 6.61. The first-order chi connectivity index (χ1) is 12.0. The lowest BCUT2D eigenvalue weighted by Gasteiger charge is -2.07. The molecule has 0 bridgehead atoms. The van der Waals surface area contributed by atoms with E-state index in [1.54, 1.807) is 36.4 Å². The minimum Gasteiger partial charge on any atom is -0.294 e. The summed E-state index contributed by atoms with van der Waals surface area (Å²) in [5, 5.41) is 0.631. The lowest BCUT2D eigenvalue weighted by atomic mass is 10.1. The molecule has 2 aromatic rings. The molecule has 0 heterocycles. The molecule has 5 nitrogen and oxygen atoms in total. The number of amides is 2. The third kappa shape index (κ3) is 6.99. The summed E-state index contributed by atoms with van der Waals surface area (Å²) in [5.74, 6) is -0.692. The number of ketones is 1. The number of Topliss-reactive ketones (excluding diaryl/α,β-unsaturated/α-hetero) is 1. The van der Waals surface area contributed by atoms with Crippen LogP contribution in [-0.4, -0.2) is 23.4 Å². The molecule has 0 unspecified atom stereocenters. The molecule has 2 aromatic carbocycles. The molecule has 0 atom stereocenters. The van der Waals surface area contributed by atoms with E-state index in [0.29, 0.717) is 10.6 Å². The van der Waals surface area contributed by atoms with Gasteiger partial charge in [0, 0.05) is 28.3 Å². The molecule has 0 saturated heterocycles. The smallest absolute Gasteiger partial charge is 0.248 e. The van der Waals surface area contributed by atoms with Crippen LogP contribution < -0.4 is 10.9 Å². The average Bonchev–Trinajstić information content (AvgIpc) is 2.64. The molecule has 130 valence electrons. The molecule has 0 spiro atoms. The molecule has 0 aliphatic rings. The Morgan fingerprint density at radius 1 is 0.840 bits per heavy atom. The van der Waals surface area contributed by atoms with E-state index < -0.39 is 5.91 Å². The van der Waals surface area contributed by atoms with Gasteiger partial charge in [-0.25, -0.2) is 0 Å². The molecule has 7 heteroatoms. The molecule has 25 heavy (non-hydrogen) atoms. The first kappa shape index (κ1) is 19.0. The Morgan fingerprint density at radius 3 is 2.16 bits per heavy atom. The summed E-state index contributed by atoms with van der Waals surface area (Å²) in [6, 6.07) is 15.9. The van der Waals surface area contributed by atoms with Gasteiger partial charge in [0.15, 0.2) is 5.78 Å². The van der Waals surface area contributed by atoms with Crippen LogP contribution in [0.1, 0.15) is 23.2 Å². The van der Waals surface area contributed by atoms with Gasteiger partial charge in [0.1, 0.15) is 0 Å². The predicted molar refractivity (Wildman–Crippen MR) is 98.5 cm³/mol. The summed E-state index contributed by atoms with van der Waals surface area (Å²) in [7, 11) is 0. The molecule has 2 amide bonds. The van der Waals surface area contributed by atoms with Crippen molar-refractivity contribution in [1.29, 1.82) is 0 Å². The quantitative estimate of drug-likeness (QED) is 0.442. The van der Waals surface area contributed by atoms with E-state index in [2.05, 4.69) is 10.9 Å². The van der Waals surface area contributed by atoms with Gasteiger partial charge in [-0.3, -0.25) is 25.2 Å². The SMILES string of the molecule is O=C(CCC(=O)c1ccccc1)NNC(=O)CSc1ccc(Cl)cc1. The molecule has 0 aromatic heterocycles. The van der Waals surface area contributed by atoms with Gasteiger partial charge in [-0.05, 0) is 24.3 Å². The van der Waals surface area contributed by atoms with E-state index in [9.17, 15) is 14.4 Å². The zero-order valence-electron chi connectivity index (χ0n) is 13.3. The number of nitrogens with one attached hydrogen (secondary N) is 2. The highest BCUT2D eigenvalue weighted by Gasteiger charge is 2.10. The predicted octanol–water partition coefficient (Wildman–Crippen LogP) is 3.24. The van der Waals surface area contributed by atoms with Crippen molar-refractivity contribution in [2.45, 2.75) is 17.7 Å². The van der Waals surface area contributed by atoms with E-state index in [4.69, 9.17) is 11.6 Å². The number of carbonyl (C=O) groups is 3. The zero-order chi connectivity index (χ0) is 18.1. The highest BCUT2D eigenvalue weighted by atomic mass is 35.5. The van der Waals surface area contributed by atoms with Crippen LogP contribution in [0.5, 0.6) is 0 Å². The maximum Gasteiger partial charge on any atom is 0.248 e. The molecule has 0 fully saturated rings. The molecule has 0 saturated carbocycles. The van der Waals surface area contributed by atoms with Crippen LogP contribution in [0.25, 0.3) is 0 Å². The fourth-order valence-corrected chi connectivity index (χ4v) is 2.74. The number of halogens is 1. The Kier molecular flexibility index (Phi) is 7.50. The lowest BCUT2D eigenvalue weighted by molar-refractivity contribution is -0.127. The van der Waals surface area contributed by atoms with E-state index in [0.717, 1.165) is 4.90 Å². The Hall–Kier alpha value is -2.31. The number of hydrogen-bond donors (Lipinski definition) is 2. The van der Waals surface area contributed by atoms with E-state index in [1.807, 2.05) is 18.2 Å². The molecule has 0 radical (unpaired) electrons. The molecule has 0 aliphatic carbocycles. The maximum atomic E-state index is 11.9. The maximum absolute atomic E-state index is 11.9. The number of benzene rings is 2. The van der Waals surface area contributed by atoms with Crippen molar-refractivity contribution in [3.63, 3.8) is 0 Å². The topological polar surface area (TPSA) is 75.3 Å². The van der Waals surface area contributed by atoms with E-state index >= 15 is 0 Å². The molecular weight excluding hydrogens is 360 g/mol. The number of carbonyl (C=O) groups excluding carboxylic acids is 3. The summed E-state index contributed by atoms with van der Waals surface area (Å²) >= 11 is 7.12. The van der Waals surface area contributed by atoms with Crippen LogP contribution in [-0.2, 0) is 9.59 Å². The standard InChI is InChI=1S/C18H17ClN2O3S/c19-14-6-8-15(9-7-14)25-12-18(24)21-20-17(23)11-10-16(22)13-4-2-1-3-5-13/h1-9H,10-12H2,(H,20,23)(H,21,24). The zero-order valence-corrected chi connectivity index (χ0v) is 14.9. The van der Waals surface area contributed by atoms with Crippen LogP contribution in [0, 0.1) is 0 Å². The monoisotopic (exact) mass is 376 g/mol. The minimum atomic E-state index is -0.408. The van der Waals surface area contributed by atoms with Crippen LogP contribution >= 0.6 is 23.4 Å². The van der Waals surface area contributed by atoms with Gasteiger partial charge in [-0.2, -0.15) is 0 Å². The number of hydrogen-bond acceptors (Lipinski definition) is 4. The Labute approximate surface area is 155 Å². The van der Waals surface area contributed by atoms with E-state index in [-0.39, 0.29) is 30.3 Å². The van der Waals surface area contributed by atoms with Crippen LogP contribution in [0.2, 0.25) is 5.02 Å². The van der Waals surface area contributed by atoms with Crippen molar-refractivity contribution in [3.05, 3.63) is 65.2 Å². The van der Waals surface area contributed by atoms with Crippen molar-refractivity contribution >= 4 is 41.0 Å². The van der Waals surface area contributed by atoms with Gasteiger partial charge in [-0.1, -0.05) is 41.9 Å². The summed E-state index contributed by atoms with van der Waals surface area (Å²) in [5.41, 5.74) is 5.21. The van der Waals surface area contributed by atoms with Crippen LogP contribution in [0.4, 0.5) is 0 Å². The molecule has 0 aliphatic heterocycles. The van der Waals surface area contributed by atoms with Crippen LogP contribution in [0.3, 0.4) is 0 Å². The number of rotatable bonds is 7. The van der Waals surface area contributed by atoms with Gasteiger partial charge in [0.2, 0.25) is 11.8 Å². The fourth-order valence-electron chi connectivity index (χ4n) is 1.91. The van der Waals surface area contributed by atoms with Crippen molar-refractivity contribution < 1.29 is 14.4 Å². The van der Waals surface area contributed by atoms with Crippen molar-refractivity contribution in [2.24, 2.45) is 0 Å². The van der Waals surface area contributed by atoms with E-state index in [1.165, 1.54) is 11.8 Å². The second kappa shape index (κ2) is 9.86. The van der Waals surface area contributed by atoms with Gasteiger partial charge in [0.05, 0.1) is 5.75 Å². The summed E-state index contributed by atoms with van der Waals surface area (Å²) in [6.07, 6.45) is 0.101. The molecular formula is C18H17ClN2O3S. The van der Waals surface area contributed by atoms with Crippen molar-refractivity contribution in [3.8, 4) is 0 Å². The average molecular weight is 377 g/mol. The third-order valence-electron chi connectivity index (χ3n) is 3.20. The van der Waals surface area contributed by atoms with Crippen molar-refractivity contribution in [2.75, 3.05) is 5.75 Å². The normalized spacial score (nSPS) is 10.1. The highest BCUT2D eigenvalue weighted by molar-refractivity contribution is 8.00. The summed E-state index contributed by atoms with van der Waals surface area (Å²) in [4.78, 5) is 36.2. The first-order valence-corrected chi connectivity index (χ1v) is 8.95. The van der Waals surface area contributed by atoms with Gasteiger partial charge in [0.25, 0.3) is 0 Å². The van der Waals surface area contributed by atoms with Crippen molar-refractivity contribution in [1.82, 2.24) is 10.9 Å². The fraction of sp³-hybridized carbons (Fsp3) is 0.167. The summed E-state index contributed by atoms with van der Waals surface area (Å²) in [6.45, 7) is 0. The highest BCUT2D eigenvalue weighted by Crippen LogP contribution is 2.19. The Balaban J connectivity index is 1.64. The largest absolute Gasteiger partial charge is 0.294 e. The first-order valence-electron chi connectivity index (χ1n) is 7.59. The minimum absolute atomic E-state index is 0.0122. The molecule has 2 N–H and O–H groups in total. The summed E-state index contributed by atoms with van der Waals surface area (Å²) < 4.78 is 0. The third-order valence-corrected chi connectivity index (χ3v) is 4.46. The van der Waals surface area contributed by atoms with Gasteiger partial charge < -0.3 is 0 Å². The Bertz CT molecular complexity index is 736. The second-order valence-electron chi connectivity index (χ2n) is 5.13. The number of thioether (sulfide) groups is 1. The number of hydrazine groups is 1. The molecule has 2 rings (SSSR count). The van der Waals surface area contributed by atoms with Crippen LogP contribution in [0.15, 0.2) is 59.5 Å². The Morgan fingerprint density at radius 2 is 1.48 bits per heavy atom.